The summed E-state index contributed by atoms with van der Waals surface area (Å²) in [5.41, 5.74) is -0.757. The second-order valence-corrected chi connectivity index (χ2v) is 10.3. The van der Waals surface area contributed by atoms with Crippen molar-refractivity contribution >= 4 is 25.8 Å². The van der Waals surface area contributed by atoms with E-state index in [0.717, 1.165) is 6.26 Å². The lowest BCUT2D eigenvalue weighted by atomic mass is 10.1. The van der Waals surface area contributed by atoms with E-state index in [-0.39, 0.29) is 5.92 Å². The molecule has 1 atom stereocenters. The predicted molar refractivity (Wildman–Crippen MR) is 76.2 cm³/mol. The topological polar surface area (TPSA) is 107 Å². The lowest BCUT2D eigenvalue weighted by Gasteiger charge is -2.26. The average Bonchev–Trinajstić information content (AvgIpc) is 2.06. The first-order chi connectivity index (χ1) is 8.63. The molecule has 0 aliphatic rings. The fourth-order valence-corrected chi connectivity index (χ4v) is 4.61. The van der Waals surface area contributed by atoms with Gasteiger partial charge in [-0.15, -0.1) is 0 Å². The number of nitrogens with one attached hydrogen (secondary N) is 1. The van der Waals surface area contributed by atoms with Crippen LogP contribution in [0.4, 0.5) is 0 Å². The van der Waals surface area contributed by atoms with Gasteiger partial charge in [0, 0.05) is 6.26 Å². The molecule has 0 amide bonds. The molecular weight excluding hydrogens is 306 g/mol. The third kappa shape index (κ3) is 8.49. The van der Waals surface area contributed by atoms with Gasteiger partial charge >= 0.3 is 5.97 Å². The molecule has 20 heavy (non-hydrogen) atoms. The van der Waals surface area contributed by atoms with Crippen molar-refractivity contribution in [1.29, 1.82) is 0 Å². The van der Waals surface area contributed by atoms with Crippen LogP contribution in [0.2, 0.25) is 0 Å². The number of carbonyl (C=O) groups is 1. The SMILES string of the molecule is CC(C)[C@H](NS(=O)(=O)CS(C)(=O)=O)C(=O)OC(C)(C)C. The fourth-order valence-electron chi connectivity index (χ4n) is 1.33. The first-order valence-corrected chi connectivity index (χ1v) is 9.75. The molecule has 0 rings (SSSR count). The van der Waals surface area contributed by atoms with Crippen molar-refractivity contribution in [1.82, 2.24) is 4.72 Å². The van der Waals surface area contributed by atoms with Crippen LogP contribution in [0, 0.1) is 5.92 Å². The summed E-state index contributed by atoms with van der Waals surface area (Å²) in [7, 11) is -7.84. The van der Waals surface area contributed by atoms with E-state index >= 15 is 0 Å². The summed E-state index contributed by atoms with van der Waals surface area (Å²) in [6, 6.07) is -1.12. The van der Waals surface area contributed by atoms with E-state index in [1.807, 2.05) is 0 Å². The molecule has 0 aliphatic heterocycles. The molecule has 0 fully saturated rings. The third-order valence-electron chi connectivity index (χ3n) is 2.00. The molecule has 9 heteroatoms. The van der Waals surface area contributed by atoms with Crippen LogP contribution in [0.3, 0.4) is 0 Å². The van der Waals surface area contributed by atoms with Gasteiger partial charge < -0.3 is 4.74 Å². The van der Waals surface area contributed by atoms with Crippen molar-refractivity contribution in [3.8, 4) is 0 Å². The average molecular weight is 329 g/mol. The van der Waals surface area contributed by atoms with Gasteiger partial charge in [0.05, 0.1) is 0 Å². The standard InChI is InChI=1S/C11H23NO6S2/c1-8(2)9(10(13)18-11(3,4)5)12-20(16,17)7-19(6,14)15/h8-9,12H,7H2,1-6H3/t9-/m0/s1. The molecule has 0 aromatic carbocycles. The highest BCUT2D eigenvalue weighted by Gasteiger charge is 2.32. The predicted octanol–water partition coefficient (Wildman–Crippen LogP) is 0.274. The van der Waals surface area contributed by atoms with Crippen molar-refractivity contribution in [2.45, 2.75) is 46.3 Å². The van der Waals surface area contributed by atoms with E-state index in [9.17, 15) is 21.6 Å². The minimum Gasteiger partial charge on any atom is -0.459 e. The minimum absolute atomic E-state index is 0.376. The monoisotopic (exact) mass is 329 g/mol. The Morgan fingerprint density at radius 1 is 1.15 bits per heavy atom. The molecule has 0 radical (unpaired) electrons. The van der Waals surface area contributed by atoms with E-state index in [2.05, 4.69) is 4.72 Å². The molecule has 0 aliphatic carbocycles. The van der Waals surface area contributed by atoms with Crippen LogP contribution < -0.4 is 4.72 Å². The lowest BCUT2D eigenvalue weighted by Crippen LogP contribution is -2.48. The van der Waals surface area contributed by atoms with Gasteiger partial charge in [-0.1, -0.05) is 13.8 Å². The Labute approximate surface area is 121 Å². The Kier molecular flexibility index (Phi) is 6.18. The van der Waals surface area contributed by atoms with Crippen LogP contribution in [0.15, 0.2) is 0 Å². The van der Waals surface area contributed by atoms with E-state index in [0.29, 0.717) is 0 Å². The number of hydrogen-bond donors (Lipinski definition) is 1. The molecular formula is C11H23NO6S2. The number of hydrogen-bond acceptors (Lipinski definition) is 6. The summed E-state index contributed by atoms with van der Waals surface area (Å²) >= 11 is 0. The molecule has 0 bridgehead atoms. The zero-order valence-electron chi connectivity index (χ0n) is 12.6. The first-order valence-electron chi connectivity index (χ1n) is 6.03. The van der Waals surface area contributed by atoms with Crippen LogP contribution >= 0.6 is 0 Å². The van der Waals surface area contributed by atoms with Gasteiger partial charge in [0.15, 0.2) is 14.9 Å². The largest absolute Gasteiger partial charge is 0.459 e. The Morgan fingerprint density at radius 2 is 1.60 bits per heavy atom. The number of sulfonamides is 1. The van der Waals surface area contributed by atoms with Gasteiger partial charge in [0.25, 0.3) is 0 Å². The van der Waals surface area contributed by atoms with Gasteiger partial charge in [-0.05, 0) is 26.7 Å². The minimum atomic E-state index is -4.12. The fraction of sp³-hybridized carbons (Fsp3) is 0.909. The maximum Gasteiger partial charge on any atom is 0.324 e. The molecule has 0 aromatic heterocycles. The van der Waals surface area contributed by atoms with Gasteiger partial charge in [-0.3, -0.25) is 4.79 Å². The maximum atomic E-state index is 11.9. The number of carbonyl (C=O) groups excluding carboxylic acids is 1. The molecule has 0 saturated heterocycles. The number of esters is 1. The summed E-state index contributed by atoms with van der Waals surface area (Å²) < 4.78 is 52.8. The van der Waals surface area contributed by atoms with Crippen molar-refractivity contribution in [3.05, 3.63) is 0 Å². The van der Waals surface area contributed by atoms with Crippen LogP contribution in [0.25, 0.3) is 0 Å². The summed E-state index contributed by atoms with van der Waals surface area (Å²) in [4.78, 5) is 11.9. The molecule has 1 N–H and O–H groups in total. The summed E-state index contributed by atoms with van der Waals surface area (Å²) in [5.74, 6) is -1.11. The molecule has 0 unspecified atom stereocenters. The summed E-state index contributed by atoms with van der Waals surface area (Å²) in [6.07, 6.45) is 0.810. The van der Waals surface area contributed by atoms with Gasteiger partial charge in [0.2, 0.25) is 10.0 Å². The Morgan fingerprint density at radius 3 is 1.90 bits per heavy atom. The van der Waals surface area contributed by atoms with E-state index in [1.165, 1.54) is 0 Å². The van der Waals surface area contributed by atoms with E-state index in [4.69, 9.17) is 4.74 Å². The molecule has 0 saturated carbocycles. The zero-order chi connectivity index (χ0) is 16.4. The normalized spacial score (nSPS) is 15.2. The van der Waals surface area contributed by atoms with Crippen molar-refractivity contribution < 1.29 is 26.4 Å². The Hall–Kier alpha value is -0.670. The van der Waals surface area contributed by atoms with Crippen molar-refractivity contribution in [3.63, 3.8) is 0 Å². The number of sulfone groups is 1. The highest BCUT2D eigenvalue weighted by molar-refractivity contribution is 8.06. The second-order valence-electron chi connectivity index (χ2n) is 6.03. The van der Waals surface area contributed by atoms with Crippen molar-refractivity contribution in [2.24, 2.45) is 5.92 Å². The highest BCUT2D eigenvalue weighted by atomic mass is 32.3. The molecule has 7 nitrogen and oxygen atoms in total. The van der Waals surface area contributed by atoms with E-state index in [1.54, 1.807) is 34.6 Å². The first kappa shape index (κ1) is 19.3. The van der Waals surface area contributed by atoms with Gasteiger partial charge in [0.1, 0.15) is 11.6 Å². The lowest BCUT2D eigenvalue weighted by molar-refractivity contribution is -0.158. The molecule has 120 valence electrons. The molecule has 0 heterocycles. The zero-order valence-corrected chi connectivity index (χ0v) is 14.3. The van der Waals surface area contributed by atoms with Gasteiger partial charge in [-0.2, -0.15) is 4.72 Å². The smallest absolute Gasteiger partial charge is 0.324 e. The highest BCUT2D eigenvalue weighted by Crippen LogP contribution is 2.13. The quantitative estimate of drug-likeness (QED) is 0.701. The molecule has 0 aromatic rings. The van der Waals surface area contributed by atoms with Crippen LogP contribution in [0.5, 0.6) is 0 Å². The van der Waals surface area contributed by atoms with E-state index < -0.39 is 42.6 Å². The van der Waals surface area contributed by atoms with Crippen molar-refractivity contribution in [2.75, 3.05) is 11.3 Å². The van der Waals surface area contributed by atoms with Crippen LogP contribution in [0.1, 0.15) is 34.6 Å². The second kappa shape index (κ2) is 6.40. The Balaban J connectivity index is 5.11. The van der Waals surface area contributed by atoms with Crippen LogP contribution in [-0.2, 0) is 29.4 Å². The molecule has 0 spiro atoms. The van der Waals surface area contributed by atoms with Gasteiger partial charge in [-0.25, -0.2) is 16.8 Å². The Bertz CT molecular complexity index is 542. The summed E-state index contributed by atoms with van der Waals surface area (Å²) in [6.45, 7) is 8.25. The third-order valence-corrected chi connectivity index (χ3v) is 5.57. The number of ether oxygens (including phenoxy) is 1. The number of rotatable bonds is 6. The maximum absolute atomic E-state index is 11.9. The van der Waals surface area contributed by atoms with Crippen LogP contribution in [-0.4, -0.2) is 45.8 Å². The summed E-state index contributed by atoms with van der Waals surface area (Å²) in [5, 5.41) is -1.06.